The predicted octanol–water partition coefficient (Wildman–Crippen LogP) is 4.74. The van der Waals surface area contributed by atoms with Crippen LogP contribution in [0.5, 0.6) is 17.2 Å². The number of nitrogens with two attached hydrogens (primary N) is 1. The molecule has 26 heavy (non-hydrogen) atoms. The molecule has 0 bridgehead atoms. The van der Waals surface area contributed by atoms with Gasteiger partial charge in [-0.1, -0.05) is 31.5 Å². The summed E-state index contributed by atoms with van der Waals surface area (Å²) in [4.78, 5) is 0. The summed E-state index contributed by atoms with van der Waals surface area (Å²) in [7, 11) is 1.60. The molecule has 0 saturated heterocycles. The van der Waals surface area contributed by atoms with Crippen molar-refractivity contribution in [1.82, 2.24) is 0 Å². The lowest BCUT2D eigenvalue weighted by Crippen LogP contribution is -2.10. The minimum Gasteiger partial charge on any atom is -0.493 e. The van der Waals surface area contributed by atoms with Crippen LogP contribution in [-0.2, 0) is 6.42 Å². The van der Waals surface area contributed by atoms with E-state index in [4.69, 9.17) is 31.5 Å². The van der Waals surface area contributed by atoms with Crippen LogP contribution in [0.3, 0.4) is 0 Å². The van der Waals surface area contributed by atoms with E-state index in [1.165, 1.54) is 11.1 Å². The second kappa shape index (κ2) is 9.70. The van der Waals surface area contributed by atoms with Crippen LogP contribution in [0.15, 0.2) is 30.3 Å². The van der Waals surface area contributed by atoms with Crippen LogP contribution in [0.2, 0.25) is 5.02 Å². The Morgan fingerprint density at radius 1 is 1.08 bits per heavy atom. The maximum atomic E-state index is 6.33. The normalized spacial score (nSPS) is 10.9. The van der Waals surface area contributed by atoms with Gasteiger partial charge >= 0.3 is 0 Å². The first-order chi connectivity index (χ1) is 12.5. The average Bonchev–Trinajstić information content (AvgIpc) is 2.59. The average molecular weight is 378 g/mol. The van der Waals surface area contributed by atoms with E-state index in [1.807, 2.05) is 18.2 Å². The monoisotopic (exact) mass is 377 g/mol. The van der Waals surface area contributed by atoms with Gasteiger partial charge in [-0.05, 0) is 66.8 Å². The summed E-state index contributed by atoms with van der Waals surface area (Å²) in [6.07, 6.45) is 0.741. The lowest BCUT2D eigenvalue weighted by Gasteiger charge is -2.15. The van der Waals surface area contributed by atoms with E-state index in [9.17, 15) is 0 Å². The van der Waals surface area contributed by atoms with Crippen LogP contribution in [0, 0.1) is 6.92 Å². The quantitative estimate of drug-likeness (QED) is 0.641. The molecule has 0 unspecified atom stereocenters. The van der Waals surface area contributed by atoms with Crippen LogP contribution in [0.1, 0.15) is 36.5 Å². The molecule has 0 saturated carbocycles. The molecule has 4 nitrogen and oxygen atoms in total. The van der Waals surface area contributed by atoms with Crippen LogP contribution >= 0.6 is 11.6 Å². The molecule has 0 aliphatic rings. The fraction of sp³-hybridized carbons (Fsp3) is 0.429. The van der Waals surface area contributed by atoms with Crippen LogP contribution in [-0.4, -0.2) is 26.9 Å². The zero-order valence-corrected chi connectivity index (χ0v) is 16.7. The molecule has 2 aromatic carbocycles. The largest absolute Gasteiger partial charge is 0.493 e. The Kier molecular flexibility index (Phi) is 7.61. The summed E-state index contributed by atoms with van der Waals surface area (Å²) in [5.41, 5.74) is 9.20. The van der Waals surface area contributed by atoms with Gasteiger partial charge in [0.2, 0.25) is 0 Å². The Balaban J connectivity index is 1.95. The van der Waals surface area contributed by atoms with E-state index in [2.05, 4.69) is 32.9 Å². The van der Waals surface area contributed by atoms with Gasteiger partial charge in [-0.2, -0.15) is 0 Å². The van der Waals surface area contributed by atoms with Crippen molar-refractivity contribution < 1.29 is 14.2 Å². The molecule has 0 aliphatic heterocycles. The molecule has 0 spiro atoms. The van der Waals surface area contributed by atoms with Gasteiger partial charge in [0.15, 0.2) is 11.5 Å². The van der Waals surface area contributed by atoms with Gasteiger partial charge in [-0.25, -0.2) is 0 Å². The number of methoxy groups -OCH3 is 1. The molecule has 142 valence electrons. The molecule has 0 aliphatic carbocycles. The van der Waals surface area contributed by atoms with Crippen LogP contribution in [0.4, 0.5) is 0 Å². The summed E-state index contributed by atoms with van der Waals surface area (Å²) in [6, 6.07) is 9.94. The van der Waals surface area contributed by atoms with Crippen molar-refractivity contribution in [3.8, 4) is 17.2 Å². The molecule has 2 rings (SSSR count). The van der Waals surface area contributed by atoms with Crippen molar-refractivity contribution in [3.05, 3.63) is 52.0 Å². The molecular formula is C21H28ClNO3. The molecule has 0 radical (unpaired) electrons. The topological polar surface area (TPSA) is 53.7 Å². The molecule has 0 fully saturated rings. The zero-order chi connectivity index (χ0) is 19.1. The Hall–Kier alpha value is -1.91. The molecule has 0 amide bonds. The van der Waals surface area contributed by atoms with Crippen molar-refractivity contribution in [1.29, 1.82) is 0 Å². The number of aryl methyl sites for hydroxylation is 1. The van der Waals surface area contributed by atoms with Gasteiger partial charge < -0.3 is 19.9 Å². The number of rotatable bonds is 9. The first kappa shape index (κ1) is 20.4. The fourth-order valence-electron chi connectivity index (χ4n) is 2.91. The first-order valence-electron chi connectivity index (χ1n) is 8.88. The van der Waals surface area contributed by atoms with Gasteiger partial charge in [0.25, 0.3) is 0 Å². The second-order valence-corrected chi connectivity index (χ2v) is 6.92. The van der Waals surface area contributed by atoms with Gasteiger partial charge in [0.1, 0.15) is 19.0 Å². The van der Waals surface area contributed by atoms with Gasteiger partial charge in [-0.15, -0.1) is 0 Å². The summed E-state index contributed by atoms with van der Waals surface area (Å²) in [5.74, 6) is 2.49. The third kappa shape index (κ3) is 5.29. The van der Waals surface area contributed by atoms with Crippen molar-refractivity contribution in [3.63, 3.8) is 0 Å². The van der Waals surface area contributed by atoms with E-state index in [0.29, 0.717) is 42.2 Å². The summed E-state index contributed by atoms with van der Waals surface area (Å²) >= 11 is 6.33. The highest BCUT2D eigenvalue weighted by Gasteiger charge is 2.12. The summed E-state index contributed by atoms with van der Waals surface area (Å²) < 4.78 is 17.0. The maximum Gasteiger partial charge on any atom is 0.179 e. The summed E-state index contributed by atoms with van der Waals surface area (Å²) in [5, 5.41) is 0.518. The molecule has 2 N–H and O–H groups in total. The lowest BCUT2D eigenvalue weighted by molar-refractivity contribution is 0.211. The fourth-order valence-corrected chi connectivity index (χ4v) is 3.20. The van der Waals surface area contributed by atoms with E-state index >= 15 is 0 Å². The van der Waals surface area contributed by atoms with Crippen LogP contribution in [0.25, 0.3) is 0 Å². The van der Waals surface area contributed by atoms with Crippen molar-refractivity contribution in [2.75, 3.05) is 26.9 Å². The Bertz CT molecular complexity index is 731. The van der Waals surface area contributed by atoms with Gasteiger partial charge in [0.05, 0.1) is 12.1 Å². The van der Waals surface area contributed by atoms with Gasteiger partial charge in [0, 0.05) is 0 Å². The SMILES string of the molecule is COc1cc(CCN)cc(Cl)c1OCCOc1ccc(C(C)C)c(C)c1. The first-order valence-corrected chi connectivity index (χ1v) is 9.26. The third-order valence-corrected chi connectivity index (χ3v) is 4.46. The number of hydrogen-bond acceptors (Lipinski definition) is 4. The van der Waals surface area contributed by atoms with E-state index in [0.717, 1.165) is 17.7 Å². The number of benzene rings is 2. The smallest absolute Gasteiger partial charge is 0.179 e. The Morgan fingerprint density at radius 3 is 2.42 bits per heavy atom. The van der Waals surface area contributed by atoms with E-state index < -0.39 is 0 Å². The van der Waals surface area contributed by atoms with Crippen LogP contribution < -0.4 is 19.9 Å². The van der Waals surface area contributed by atoms with E-state index in [-0.39, 0.29) is 0 Å². The second-order valence-electron chi connectivity index (χ2n) is 6.52. The third-order valence-electron chi connectivity index (χ3n) is 4.18. The van der Waals surface area contributed by atoms with E-state index in [1.54, 1.807) is 7.11 Å². The summed E-state index contributed by atoms with van der Waals surface area (Å²) in [6.45, 7) is 7.83. The molecule has 5 heteroatoms. The molecule has 0 atom stereocenters. The predicted molar refractivity (Wildman–Crippen MR) is 107 cm³/mol. The highest BCUT2D eigenvalue weighted by molar-refractivity contribution is 6.32. The van der Waals surface area contributed by atoms with Crippen molar-refractivity contribution in [2.45, 2.75) is 33.1 Å². The standard InChI is InChI=1S/C21H28ClNO3/c1-14(2)18-6-5-17(11-15(18)3)25-9-10-26-21-19(22)12-16(7-8-23)13-20(21)24-4/h5-6,11-14H,7-10,23H2,1-4H3. The van der Waals surface area contributed by atoms with Crippen molar-refractivity contribution >= 4 is 11.6 Å². The lowest BCUT2D eigenvalue weighted by atomic mass is 9.98. The minimum absolute atomic E-state index is 0.372. The highest BCUT2D eigenvalue weighted by Crippen LogP contribution is 2.36. The zero-order valence-electron chi connectivity index (χ0n) is 16.0. The maximum absolute atomic E-state index is 6.33. The Morgan fingerprint density at radius 2 is 1.81 bits per heavy atom. The highest BCUT2D eigenvalue weighted by atomic mass is 35.5. The van der Waals surface area contributed by atoms with Gasteiger partial charge in [-0.3, -0.25) is 0 Å². The molecule has 0 heterocycles. The van der Waals surface area contributed by atoms with Crippen molar-refractivity contribution in [2.24, 2.45) is 5.73 Å². The Labute approximate surface area is 161 Å². The molecule has 2 aromatic rings. The number of ether oxygens (including phenoxy) is 3. The number of hydrogen-bond donors (Lipinski definition) is 1. The number of halogens is 1. The molecular weight excluding hydrogens is 350 g/mol. The molecule has 0 aromatic heterocycles. The minimum atomic E-state index is 0.372.